The van der Waals surface area contributed by atoms with Crippen LogP contribution >= 0.6 is 0 Å². The molecule has 1 unspecified atom stereocenters. The van der Waals surface area contributed by atoms with Crippen LogP contribution in [0.15, 0.2) is 47.1 Å². The van der Waals surface area contributed by atoms with Gasteiger partial charge in [-0.15, -0.1) is 0 Å². The summed E-state index contributed by atoms with van der Waals surface area (Å²) in [6.45, 7) is 6.12. The number of ether oxygens (including phenoxy) is 1. The largest absolute Gasteiger partial charge is 0.497 e. The molecule has 0 aliphatic carbocycles. The van der Waals surface area contributed by atoms with E-state index in [-0.39, 0.29) is 12.0 Å². The van der Waals surface area contributed by atoms with Crippen LogP contribution in [-0.2, 0) is 13.1 Å². The molecule has 2 aromatic rings. The van der Waals surface area contributed by atoms with Crippen LogP contribution < -0.4 is 4.74 Å². The molecule has 0 aliphatic heterocycles. The molecule has 1 aromatic carbocycles. The molecule has 2 rings (SSSR count). The number of methoxy groups -OCH3 is 1. The molecule has 1 heterocycles. The van der Waals surface area contributed by atoms with Crippen molar-refractivity contribution in [3.8, 4) is 5.75 Å². The summed E-state index contributed by atoms with van der Waals surface area (Å²) >= 11 is 0. The van der Waals surface area contributed by atoms with Gasteiger partial charge >= 0.3 is 0 Å². The van der Waals surface area contributed by atoms with E-state index in [2.05, 4.69) is 17.0 Å². The molecule has 0 saturated carbocycles. The van der Waals surface area contributed by atoms with E-state index in [0.717, 1.165) is 18.1 Å². The fourth-order valence-electron chi connectivity index (χ4n) is 2.27. The Morgan fingerprint density at radius 2 is 1.86 bits per heavy atom. The molecule has 4 nitrogen and oxygen atoms in total. The number of hydrogen-bond acceptors (Lipinski definition) is 4. The monoisotopic (exact) mass is 303 g/mol. The second-order valence-corrected chi connectivity index (χ2v) is 5.91. The van der Waals surface area contributed by atoms with Gasteiger partial charge in [-0.3, -0.25) is 4.90 Å². The van der Waals surface area contributed by atoms with Gasteiger partial charge < -0.3 is 14.3 Å². The van der Waals surface area contributed by atoms with Gasteiger partial charge in [-0.2, -0.15) is 0 Å². The zero-order valence-electron chi connectivity index (χ0n) is 13.5. The third kappa shape index (κ3) is 4.90. The molecule has 0 radical (unpaired) electrons. The Labute approximate surface area is 132 Å². The molecule has 1 atom stereocenters. The Balaban J connectivity index is 2.05. The minimum absolute atomic E-state index is 0.231. The highest BCUT2D eigenvalue weighted by Crippen LogP contribution is 2.16. The summed E-state index contributed by atoms with van der Waals surface area (Å²) in [4.78, 5) is 2.20. The van der Waals surface area contributed by atoms with E-state index in [9.17, 15) is 5.11 Å². The minimum Gasteiger partial charge on any atom is -0.497 e. The molecule has 0 saturated heterocycles. The van der Waals surface area contributed by atoms with Crippen LogP contribution in [0.25, 0.3) is 0 Å². The molecule has 1 aromatic heterocycles. The van der Waals surface area contributed by atoms with Crippen LogP contribution in [0, 0.1) is 5.92 Å². The van der Waals surface area contributed by atoms with Crippen molar-refractivity contribution in [2.24, 2.45) is 5.92 Å². The van der Waals surface area contributed by atoms with E-state index in [1.807, 2.05) is 38.1 Å². The highest BCUT2D eigenvalue weighted by atomic mass is 16.5. The highest BCUT2D eigenvalue weighted by molar-refractivity contribution is 5.27. The Kier molecular flexibility index (Phi) is 6.04. The third-order valence-corrected chi connectivity index (χ3v) is 3.74. The van der Waals surface area contributed by atoms with Crippen molar-refractivity contribution < 1.29 is 14.3 Å². The molecule has 0 bridgehead atoms. The van der Waals surface area contributed by atoms with E-state index >= 15 is 0 Å². The summed E-state index contributed by atoms with van der Waals surface area (Å²) in [5.74, 6) is 1.99. The number of rotatable bonds is 8. The zero-order chi connectivity index (χ0) is 15.9. The van der Waals surface area contributed by atoms with Crippen LogP contribution in [0.4, 0.5) is 0 Å². The lowest BCUT2D eigenvalue weighted by Gasteiger charge is -2.26. The minimum atomic E-state index is -0.354. The Morgan fingerprint density at radius 1 is 1.14 bits per heavy atom. The van der Waals surface area contributed by atoms with Crippen molar-refractivity contribution in [3.05, 3.63) is 54.0 Å². The zero-order valence-corrected chi connectivity index (χ0v) is 13.5. The molecule has 0 amide bonds. The second-order valence-electron chi connectivity index (χ2n) is 5.91. The summed E-state index contributed by atoms with van der Waals surface area (Å²) in [6, 6.07) is 11.9. The van der Waals surface area contributed by atoms with Crippen molar-refractivity contribution in [2.45, 2.75) is 33.0 Å². The lowest BCUT2D eigenvalue weighted by atomic mass is 10.1. The molecule has 0 aliphatic rings. The Morgan fingerprint density at radius 3 is 2.41 bits per heavy atom. The van der Waals surface area contributed by atoms with E-state index < -0.39 is 0 Å². The van der Waals surface area contributed by atoms with E-state index in [4.69, 9.17) is 9.15 Å². The first-order valence-electron chi connectivity index (χ1n) is 7.64. The maximum atomic E-state index is 10.2. The van der Waals surface area contributed by atoms with Crippen molar-refractivity contribution in [1.82, 2.24) is 4.90 Å². The SMILES string of the molecule is COc1ccc(CN(Cc2ccco2)CC(O)C(C)C)cc1. The van der Waals surface area contributed by atoms with Gasteiger partial charge in [0.2, 0.25) is 0 Å². The van der Waals surface area contributed by atoms with Gasteiger partial charge in [0.25, 0.3) is 0 Å². The number of hydrogen-bond donors (Lipinski definition) is 1. The fraction of sp³-hybridized carbons (Fsp3) is 0.444. The van der Waals surface area contributed by atoms with Gasteiger partial charge in [-0.1, -0.05) is 26.0 Å². The highest BCUT2D eigenvalue weighted by Gasteiger charge is 2.16. The summed E-state index contributed by atoms with van der Waals surface area (Å²) < 4.78 is 10.6. The van der Waals surface area contributed by atoms with Crippen LogP contribution in [0.3, 0.4) is 0 Å². The predicted octanol–water partition coefficient (Wildman–Crippen LogP) is 3.31. The molecule has 0 spiro atoms. The van der Waals surface area contributed by atoms with Crippen molar-refractivity contribution in [1.29, 1.82) is 0 Å². The molecular formula is C18H25NO3. The average molecular weight is 303 g/mol. The first kappa shape index (κ1) is 16.6. The van der Waals surface area contributed by atoms with Crippen LogP contribution in [-0.4, -0.2) is 29.8 Å². The molecule has 4 heteroatoms. The first-order chi connectivity index (χ1) is 10.6. The summed E-state index contributed by atoms with van der Waals surface area (Å²) in [6.07, 6.45) is 1.33. The Hall–Kier alpha value is -1.78. The van der Waals surface area contributed by atoms with Crippen LogP contribution in [0.5, 0.6) is 5.75 Å². The molecule has 22 heavy (non-hydrogen) atoms. The summed E-state index contributed by atoms with van der Waals surface area (Å²) in [5, 5.41) is 10.2. The van der Waals surface area contributed by atoms with Gasteiger partial charge in [0.05, 0.1) is 26.0 Å². The topological polar surface area (TPSA) is 45.8 Å². The molecule has 120 valence electrons. The number of nitrogens with zero attached hydrogens (tertiary/aromatic N) is 1. The van der Waals surface area contributed by atoms with Gasteiger partial charge in [0.15, 0.2) is 0 Å². The maximum Gasteiger partial charge on any atom is 0.118 e. The second kappa shape index (κ2) is 8.01. The third-order valence-electron chi connectivity index (χ3n) is 3.74. The lowest BCUT2D eigenvalue weighted by Crippen LogP contribution is -2.34. The standard InChI is InChI=1S/C18H25NO3/c1-14(2)18(20)13-19(12-17-5-4-10-22-17)11-15-6-8-16(21-3)9-7-15/h4-10,14,18,20H,11-13H2,1-3H3. The summed E-state index contributed by atoms with van der Waals surface area (Å²) in [7, 11) is 1.66. The van der Waals surface area contributed by atoms with Gasteiger partial charge in [-0.25, -0.2) is 0 Å². The van der Waals surface area contributed by atoms with Crippen molar-refractivity contribution in [3.63, 3.8) is 0 Å². The number of benzene rings is 1. The summed E-state index contributed by atoms with van der Waals surface area (Å²) in [5.41, 5.74) is 1.18. The lowest BCUT2D eigenvalue weighted by molar-refractivity contribution is 0.0670. The smallest absolute Gasteiger partial charge is 0.118 e. The maximum absolute atomic E-state index is 10.2. The number of furan rings is 1. The van der Waals surface area contributed by atoms with E-state index in [1.54, 1.807) is 13.4 Å². The van der Waals surface area contributed by atoms with Crippen molar-refractivity contribution in [2.75, 3.05) is 13.7 Å². The number of aliphatic hydroxyl groups excluding tert-OH is 1. The van der Waals surface area contributed by atoms with Gasteiger partial charge in [0.1, 0.15) is 11.5 Å². The predicted molar refractivity (Wildman–Crippen MR) is 86.7 cm³/mol. The normalized spacial score (nSPS) is 12.8. The molecule has 1 N–H and O–H groups in total. The van der Waals surface area contributed by atoms with E-state index in [0.29, 0.717) is 13.1 Å². The average Bonchev–Trinajstić information content (AvgIpc) is 3.00. The van der Waals surface area contributed by atoms with E-state index in [1.165, 1.54) is 5.56 Å². The van der Waals surface area contributed by atoms with Crippen LogP contribution in [0.1, 0.15) is 25.2 Å². The quantitative estimate of drug-likeness (QED) is 0.812. The van der Waals surface area contributed by atoms with Crippen molar-refractivity contribution >= 4 is 0 Å². The van der Waals surface area contributed by atoms with Gasteiger partial charge in [-0.05, 0) is 35.7 Å². The van der Waals surface area contributed by atoms with Crippen LogP contribution in [0.2, 0.25) is 0 Å². The first-order valence-corrected chi connectivity index (χ1v) is 7.64. The Bertz CT molecular complexity index is 534. The fourth-order valence-corrected chi connectivity index (χ4v) is 2.27. The molecular weight excluding hydrogens is 278 g/mol. The van der Waals surface area contributed by atoms with Gasteiger partial charge in [0, 0.05) is 13.1 Å². The molecule has 0 fully saturated rings. The number of aliphatic hydroxyl groups is 1.